The molecular formula is C15H22BrN3O4S. The lowest BCUT2D eigenvalue weighted by Gasteiger charge is -2.32. The number of carbonyl (C=O) groups is 1. The summed E-state index contributed by atoms with van der Waals surface area (Å²) < 4.78 is 30.6. The van der Waals surface area contributed by atoms with Crippen LogP contribution in [-0.4, -0.2) is 50.8 Å². The van der Waals surface area contributed by atoms with Gasteiger partial charge in [-0.15, -0.1) is 0 Å². The number of nitrogens with zero attached hydrogens (tertiary/aromatic N) is 1. The van der Waals surface area contributed by atoms with Crippen molar-refractivity contribution in [1.29, 1.82) is 0 Å². The van der Waals surface area contributed by atoms with Crippen LogP contribution in [0.4, 0.5) is 10.5 Å². The van der Waals surface area contributed by atoms with Crippen molar-refractivity contribution in [2.75, 3.05) is 36.7 Å². The first kappa shape index (κ1) is 19.0. The molecule has 1 heterocycles. The summed E-state index contributed by atoms with van der Waals surface area (Å²) in [6, 6.07) is 7.09. The minimum atomic E-state index is -3.24. The number of para-hydroxylation sites is 2. The lowest BCUT2D eigenvalue weighted by molar-refractivity contribution is 0.183. The van der Waals surface area contributed by atoms with E-state index < -0.39 is 10.0 Å². The summed E-state index contributed by atoms with van der Waals surface area (Å²) in [5, 5.41) is 2.86. The molecule has 2 N–H and O–H groups in total. The number of anilines is 1. The van der Waals surface area contributed by atoms with Gasteiger partial charge in [-0.05, 0) is 30.9 Å². The Labute approximate surface area is 150 Å². The van der Waals surface area contributed by atoms with Gasteiger partial charge in [-0.3, -0.25) is 0 Å². The average Bonchev–Trinajstić information content (AvgIpc) is 2.61. The van der Waals surface area contributed by atoms with Crippen molar-refractivity contribution >= 4 is 37.7 Å². The Kier molecular flexibility index (Phi) is 6.88. The molecule has 0 atom stereocenters. The topological polar surface area (TPSA) is 87.7 Å². The van der Waals surface area contributed by atoms with E-state index in [1.807, 2.05) is 12.1 Å². The second-order valence-corrected chi connectivity index (χ2v) is 8.74. The molecule has 0 aromatic heterocycles. The number of ether oxygens (including phenoxy) is 1. The minimum Gasteiger partial charge on any atom is -0.495 e. The van der Waals surface area contributed by atoms with Crippen LogP contribution in [-0.2, 0) is 10.0 Å². The fourth-order valence-electron chi connectivity index (χ4n) is 2.57. The average molecular weight is 420 g/mol. The summed E-state index contributed by atoms with van der Waals surface area (Å²) in [5.41, 5.74) is 0.636. The number of urea groups is 1. The molecule has 0 radical (unpaired) electrons. The maximum atomic E-state index is 12.3. The van der Waals surface area contributed by atoms with E-state index in [-0.39, 0.29) is 16.6 Å². The number of benzene rings is 1. The van der Waals surface area contributed by atoms with E-state index in [0.717, 1.165) is 12.8 Å². The zero-order valence-electron chi connectivity index (χ0n) is 13.5. The number of carbonyl (C=O) groups excluding carboxylic acids is 1. The largest absolute Gasteiger partial charge is 0.495 e. The van der Waals surface area contributed by atoms with Crippen molar-refractivity contribution in [3.8, 4) is 5.75 Å². The Balaban J connectivity index is 1.82. The highest BCUT2D eigenvalue weighted by Crippen LogP contribution is 2.24. The Morgan fingerprint density at radius 2 is 2.00 bits per heavy atom. The van der Waals surface area contributed by atoms with E-state index >= 15 is 0 Å². The first-order valence-electron chi connectivity index (χ1n) is 7.67. The molecular weight excluding hydrogens is 398 g/mol. The number of rotatable bonds is 6. The van der Waals surface area contributed by atoms with Gasteiger partial charge in [-0.1, -0.05) is 28.1 Å². The van der Waals surface area contributed by atoms with Crippen LogP contribution in [0.25, 0.3) is 0 Å². The maximum Gasteiger partial charge on any atom is 0.321 e. The molecule has 1 fully saturated rings. The summed E-state index contributed by atoms with van der Waals surface area (Å²) in [7, 11) is -1.68. The SMILES string of the molecule is COc1ccccc1NC(=O)N1CCC(CNS(=O)(=O)CBr)CC1. The molecule has 2 amide bonds. The summed E-state index contributed by atoms with van der Waals surface area (Å²) in [5.74, 6) is 0.860. The number of amides is 2. The zero-order chi connectivity index (χ0) is 17.6. The number of nitrogens with one attached hydrogen (secondary N) is 2. The number of methoxy groups -OCH3 is 1. The van der Waals surface area contributed by atoms with Crippen LogP contribution in [0.1, 0.15) is 12.8 Å². The summed E-state index contributed by atoms with van der Waals surface area (Å²) in [4.78, 5) is 14.1. The van der Waals surface area contributed by atoms with E-state index in [2.05, 4.69) is 26.0 Å². The van der Waals surface area contributed by atoms with Gasteiger partial charge in [0.25, 0.3) is 0 Å². The minimum absolute atomic E-state index is 0.0971. The van der Waals surface area contributed by atoms with Crippen molar-refractivity contribution in [2.24, 2.45) is 5.92 Å². The highest BCUT2D eigenvalue weighted by molar-refractivity contribution is 9.10. The standard InChI is InChI=1S/C15H22BrN3O4S/c1-23-14-5-3-2-4-13(14)18-15(20)19-8-6-12(7-9-19)10-17-24(21,22)11-16/h2-5,12,17H,6-11H2,1H3,(H,18,20). The highest BCUT2D eigenvalue weighted by atomic mass is 79.9. The molecule has 0 saturated carbocycles. The number of halogens is 1. The van der Waals surface area contributed by atoms with E-state index in [4.69, 9.17) is 4.74 Å². The van der Waals surface area contributed by atoms with Gasteiger partial charge in [-0.2, -0.15) is 0 Å². The Hall–Kier alpha value is -1.32. The summed E-state index contributed by atoms with van der Waals surface area (Å²) >= 11 is 2.95. The number of alkyl halides is 1. The Bertz CT molecular complexity index is 660. The monoisotopic (exact) mass is 419 g/mol. The Morgan fingerprint density at radius 3 is 2.62 bits per heavy atom. The molecule has 24 heavy (non-hydrogen) atoms. The molecule has 1 aliphatic heterocycles. The maximum absolute atomic E-state index is 12.3. The second-order valence-electron chi connectivity index (χ2n) is 5.63. The van der Waals surface area contributed by atoms with Crippen molar-refractivity contribution in [3.63, 3.8) is 0 Å². The molecule has 0 bridgehead atoms. The molecule has 1 aromatic rings. The number of hydrogen-bond acceptors (Lipinski definition) is 4. The van der Waals surface area contributed by atoms with Crippen LogP contribution in [0.3, 0.4) is 0 Å². The van der Waals surface area contributed by atoms with Crippen LogP contribution in [0, 0.1) is 5.92 Å². The quantitative estimate of drug-likeness (QED) is 0.691. The fourth-order valence-corrected chi connectivity index (χ4v) is 3.62. The smallest absolute Gasteiger partial charge is 0.321 e. The summed E-state index contributed by atoms with van der Waals surface area (Å²) in [6.45, 7) is 1.61. The van der Waals surface area contributed by atoms with Crippen molar-refractivity contribution in [1.82, 2.24) is 9.62 Å². The van der Waals surface area contributed by atoms with Crippen molar-refractivity contribution in [2.45, 2.75) is 12.8 Å². The van der Waals surface area contributed by atoms with E-state index in [9.17, 15) is 13.2 Å². The second kappa shape index (κ2) is 8.68. The normalized spacial score (nSPS) is 16.0. The van der Waals surface area contributed by atoms with Gasteiger partial charge < -0.3 is 15.0 Å². The van der Waals surface area contributed by atoms with Gasteiger partial charge in [0.2, 0.25) is 10.0 Å². The van der Waals surface area contributed by atoms with Gasteiger partial charge in [0.1, 0.15) is 10.4 Å². The lowest BCUT2D eigenvalue weighted by Crippen LogP contribution is -2.43. The van der Waals surface area contributed by atoms with Gasteiger partial charge >= 0.3 is 6.03 Å². The molecule has 134 valence electrons. The molecule has 0 spiro atoms. The zero-order valence-corrected chi connectivity index (χ0v) is 15.9. The molecule has 0 aliphatic carbocycles. The van der Waals surface area contributed by atoms with Gasteiger partial charge in [0.05, 0.1) is 12.8 Å². The number of piperidine rings is 1. The molecule has 7 nitrogen and oxygen atoms in total. The van der Waals surface area contributed by atoms with Crippen LogP contribution < -0.4 is 14.8 Å². The van der Waals surface area contributed by atoms with E-state index in [0.29, 0.717) is 31.1 Å². The molecule has 1 saturated heterocycles. The highest BCUT2D eigenvalue weighted by Gasteiger charge is 2.24. The predicted molar refractivity (Wildman–Crippen MR) is 97.0 cm³/mol. The van der Waals surface area contributed by atoms with Crippen LogP contribution >= 0.6 is 15.9 Å². The summed E-state index contributed by atoms with van der Waals surface area (Å²) in [6.07, 6.45) is 1.54. The third kappa shape index (κ3) is 5.35. The van der Waals surface area contributed by atoms with Crippen molar-refractivity contribution < 1.29 is 17.9 Å². The molecule has 2 rings (SSSR count). The molecule has 1 aliphatic rings. The number of hydrogen-bond donors (Lipinski definition) is 2. The third-order valence-electron chi connectivity index (χ3n) is 3.99. The van der Waals surface area contributed by atoms with Crippen molar-refractivity contribution in [3.05, 3.63) is 24.3 Å². The first-order chi connectivity index (χ1) is 11.4. The molecule has 1 aromatic carbocycles. The molecule has 9 heteroatoms. The fraction of sp³-hybridized carbons (Fsp3) is 0.533. The van der Waals surface area contributed by atoms with Crippen LogP contribution in [0.5, 0.6) is 5.75 Å². The van der Waals surface area contributed by atoms with Gasteiger partial charge in [-0.25, -0.2) is 17.9 Å². The Morgan fingerprint density at radius 1 is 1.33 bits per heavy atom. The number of sulfonamides is 1. The third-order valence-corrected chi connectivity index (χ3v) is 6.69. The van der Waals surface area contributed by atoms with Crippen LogP contribution in [0.15, 0.2) is 24.3 Å². The molecule has 0 unspecified atom stereocenters. The first-order valence-corrected chi connectivity index (χ1v) is 10.4. The van der Waals surface area contributed by atoms with E-state index in [1.54, 1.807) is 24.1 Å². The number of likely N-dealkylation sites (tertiary alicyclic amines) is 1. The van der Waals surface area contributed by atoms with Gasteiger partial charge in [0, 0.05) is 19.6 Å². The van der Waals surface area contributed by atoms with Crippen LogP contribution in [0.2, 0.25) is 0 Å². The predicted octanol–water partition coefficient (Wildman–Crippen LogP) is 2.21. The van der Waals surface area contributed by atoms with Gasteiger partial charge in [0.15, 0.2) is 0 Å². The lowest BCUT2D eigenvalue weighted by atomic mass is 9.97. The van der Waals surface area contributed by atoms with E-state index in [1.165, 1.54) is 0 Å².